The number of anilines is 1. The fraction of sp³-hybridized carbons (Fsp3) is 0.385. The maximum atomic E-state index is 11.4. The molecule has 1 heterocycles. The van der Waals surface area contributed by atoms with E-state index in [1.165, 1.54) is 6.20 Å². The minimum Gasteiger partial charge on any atom is -0.462 e. The second kappa shape index (κ2) is 5.35. The SMILES string of the molecule is C#CC(C)(C)Nc1ccc(C(=O)OCC)cn1. The Hall–Kier alpha value is -2.02. The normalized spacial score (nSPS) is 10.5. The summed E-state index contributed by atoms with van der Waals surface area (Å²) < 4.78 is 4.86. The van der Waals surface area contributed by atoms with Gasteiger partial charge in [0, 0.05) is 6.20 Å². The van der Waals surface area contributed by atoms with E-state index in [9.17, 15) is 4.79 Å². The third-order valence-electron chi connectivity index (χ3n) is 2.08. The lowest BCUT2D eigenvalue weighted by Crippen LogP contribution is -2.28. The number of terminal acetylenes is 1. The lowest BCUT2D eigenvalue weighted by Gasteiger charge is -2.20. The van der Waals surface area contributed by atoms with Gasteiger partial charge >= 0.3 is 5.97 Å². The van der Waals surface area contributed by atoms with Crippen molar-refractivity contribution in [3.63, 3.8) is 0 Å². The third kappa shape index (κ3) is 3.80. The minimum absolute atomic E-state index is 0.350. The number of carbonyl (C=O) groups is 1. The predicted octanol–water partition coefficient (Wildman–Crippen LogP) is 2.08. The van der Waals surface area contributed by atoms with Gasteiger partial charge in [0.1, 0.15) is 5.82 Å². The molecule has 17 heavy (non-hydrogen) atoms. The van der Waals surface area contributed by atoms with Crippen LogP contribution < -0.4 is 5.32 Å². The lowest BCUT2D eigenvalue weighted by atomic mass is 10.1. The molecule has 90 valence electrons. The average Bonchev–Trinajstić information content (AvgIpc) is 2.30. The molecule has 0 unspecified atom stereocenters. The summed E-state index contributed by atoms with van der Waals surface area (Å²) in [6.45, 7) is 5.85. The van der Waals surface area contributed by atoms with E-state index < -0.39 is 5.54 Å². The zero-order valence-electron chi connectivity index (χ0n) is 10.3. The highest BCUT2D eigenvalue weighted by molar-refractivity contribution is 5.89. The molecule has 0 amide bonds. The van der Waals surface area contributed by atoms with Gasteiger partial charge in [-0.1, -0.05) is 5.92 Å². The zero-order chi connectivity index (χ0) is 12.9. The second-order valence-electron chi connectivity index (χ2n) is 4.05. The molecule has 0 fully saturated rings. The average molecular weight is 232 g/mol. The number of carbonyl (C=O) groups excluding carboxylic acids is 1. The van der Waals surface area contributed by atoms with Crippen molar-refractivity contribution in [2.24, 2.45) is 0 Å². The van der Waals surface area contributed by atoms with Crippen LogP contribution in [0.15, 0.2) is 18.3 Å². The fourth-order valence-electron chi connectivity index (χ4n) is 1.16. The molecular weight excluding hydrogens is 216 g/mol. The minimum atomic E-state index is -0.474. The Morgan fingerprint density at radius 1 is 1.59 bits per heavy atom. The first-order valence-corrected chi connectivity index (χ1v) is 5.37. The van der Waals surface area contributed by atoms with E-state index in [2.05, 4.69) is 16.2 Å². The van der Waals surface area contributed by atoms with Crippen LogP contribution in [0.3, 0.4) is 0 Å². The molecule has 0 aliphatic carbocycles. The van der Waals surface area contributed by atoms with Gasteiger partial charge in [-0.3, -0.25) is 0 Å². The van der Waals surface area contributed by atoms with Crippen molar-refractivity contribution in [3.05, 3.63) is 23.9 Å². The van der Waals surface area contributed by atoms with E-state index in [-0.39, 0.29) is 5.97 Å². The molecule has 0 radical (unpaired) electrons. The number of nitrogens with one attached hydrogen (secondary N) is 1. The van der Waals surface area contributed by atoms with Crippen molar-refractivity contribution in [2.75, 3.05) is 11.9 Å². The first-order chi connectivity index (χ1) is 7.98. The Morgan fingerprint density at radius 2 is 2.29 bits per heavy atom. The maximum Gasteiger partial charge on any atom is 0.339 e. The second-order valence-corrected chi connectivity index (χ2v) is 4.05. The summed E-state index contributed by atoms with van der Waals surface area (Å²) in [5, 5.41) is 3.07. The van der Waals surface area contributed by atoms with Crippen molar-refractivity contribution < 1.29 is 9.53 Å². The monoisotopic (exact) mass is 232 g/mol. The molecule has 0 saturated carbocycles. The molecule has 1 N–H and O–H groups in total. The highest BCUT2D eigenvalue weighted by Gasteiger charge is 2.14. The fourth-order valence-corrected chi connectivity index (χ4v) is 1.16. The van der Waals surface area contributed by atoms with Crippen LogP contribution in [0.1, 0.15) is 31.1 Å². The Balaban J connectivity index is 2.76. The summed E-state index contributed by atoms with van der Waals surface area (Å²) >= 11 is 0. The Kier molecular flexibility index (Phi) is 4.11. The van der Waals surface area contributed by atoms with Gasteiger partial charge in [0.2, 0.25) is 0 Å². The van der Waals surface area contributed by atoms with E-state index in [0.717, 1.165) is 0 Å². The largest absolute Gasteiger partial charge is 0.462 e. The highest BCUT2D eigenvalue weighted by atomic mass is 16.5. The number of hydrogen-bond acceptors (Lipinski definition) is 4. The molecule has 0 atom stereocenters. The predicted molar refractivity (Wildman–Crippen MR) is 66.7 cm³/mol. The van der Waals surface area contributed by atoms with Crippen LogP contribution in [-0.4, -0.2) is 23.1 Å². The summed E-state index contributed by atoms with van der Waals surface area (Å²) in [7, 11) is 0. The molecule has 0 saturated heterocycles. The van der Waals surface area contributed by atoms with Crippen molar-refractivity contribution in [1.82, 2.24) is 4.98 Å². The van der Waals surface area contributed by atoms with Crippen LogP contribution in [0.25, 0.3) is 0 Å². The van der Waals surface area contributed by atoms with Crippen LogP contribution in [0.5, 0.6) is 0 Å². The number of pyridine rings is 1. The number of nitrogens with zero attached hydrogens (tertiary/aromatic N) is 1. The molecule has 4 nitrogen and oxygen atoms in total. The molecule has 4 heteroatoms. The summed E-state index contributed by atoms with van der Waals surface area (Å²) in [6.07, 6.45) is 6.82. The van der Waals surface area contributed by atoms with Gasteiger partial charge in [0.25, 0.3) is 0 Å². The number of rotatable bonds is 4. The molecular formula is C13H16N2O2. The van der Waals surface area contributed by atoms with E-state index in [4.69, 9.17) is 11.2 Å². The Bertz CT molecular complexity index is 430. The van der Waals surface area contributed by atoms with Crippen molar-refractivity contribution >= 4 is 11.8 Å². The van der Waals surface area contributed by atoms with Gasteiger partial charge in [-0.25, -0.2) is 9.78 Å². The van der Waals surface area contributed by atoms with Crippen LogP contribution in [-0.2, 0) is 4.74 Å². The van der Waals surface area contributed by atoms with Crippen LogP contribution in [0.2, 0.25) is 0 Å². The van der Waals surface area contributed by atoms with Crippen molar-refractivity contribution in [2.45, 2.75) is 26.3 Å². The van der Waals surface area contributed by atoms with E-state index in [0.29, 0.717) is 18.0 Å². The molecule has 0 bridgehead atoms. The summed E-state index contributed by atoms with van der Waals surface area (Å²) in [5.41, 5.74) is -0.0470. The first-order valence-electron chi connectivity index (χ1n) is 5.37. The topological polar surface area (TPSA) is 51.2 Å². The zero-order valence-corrected chi connectivity index (χ0v) is 10.3. The Morgan fingerprint density at radius 3 is 2.76 bits per heavy atom. The van der Waals surface area contributed by atoms with E-state index in [1.54, 1.807) is 19.1 Å². The number of aromatic nitrogens is 1. The van der Waals surface area contributed by atoms with Gasteiger partial charge < -0.3 is 10.1 Å². The quantitative estimate of drug-likeness (QED) is 0.638. The third-order valence-corrected chi connectivity index (χ3v) is 2.08. The molecule has 0 spiro atoms. The van der Waals surface area contributed by atoms with Gasteiger partial charge in [0.15, 0.2) is 0 Å². The molecule has 0 aliphatic rings. The van der Waals surface area contributed by atoms with Crippen molar-refractivity contribution in [3.8, 4) is 12.3 Å². The summed E-state index contributed by atoms with van der Waals surface area (Å²) in [6, 6.07) is 3.35. The lowest BCUT2D eigenvalue weighted by molar-refractivity contribution is 0.0526. The van der Waals surface area contributed by atoms with Crippen LogP contribution >= 0.6 is 0 Å². The smallest absolute Gasteiger partial charge is 0.339 e. The van der Waals surface area contributed by atoms with E-state index in [1.807, 2.05) is 13.8 Å². The molecule has 0 aliphatic heterocycles. The molecule has 1 aromatic rings. The number of esters is 1. The highest BCUT2D eigenvalue weighted by Crippen LogP contribution is 2.12. The van der Waals surface area contributed by atoms with Crippen LogP contribution in [0.4, 0.5) is 5.82 Å². The number of ether oxygens (including phenoxy) is 1. The number of hydrogen-bond donors (Lipinski definition) is 1. The van der Waals surface area contributed by atoms with Gasteiger partial charge in [0.05, 0.1) is 17.7 Å². The van der Waals surface area contributed by atoms with Gasteiger partial charge in [-0.2, -0.15) is 0 Å². The molecule has 1 aromatic heterocycles. The van der Waals surface area contributed by atoms with E-state index >= 15 is 0 Å². The Labute approximate surface area is 101 Å². The standard InChI is InChI=1S/C13H16N2O2/c1-5-13(3,4)15-11-8-7-10(9-14-11)12(16)17-6-2/h1,7-9H,6H2,2-4H3,(H,14,15). The first kappa shape index (κ1) is 13.0. The van der Waals surface area contributed by atoms with Crippen molar-refractivity contribution in [1.29, 1.82) is 0 Å². The summed E-state index contributed by atoms with van der Waals surface area (Å²) in [4.78, 5) is 15.5. The summed E-state index contributed by atoms with van der Waals surface area (Å²) in [5.74, 6) is 2.86. The van der Waals surface area contributed by atoms with Gasteiger partial charge in [-0.05, 0) is 32.9 Å². The molecule has 0 aromatic carbocycles. The van der Waals surface area contributed by atoms with Crippen LogP contribution in [0, 0.1) is 12.3 Å². The van der Waals surface area contributed by atoms with Gasteiger partial charge in [-0.15, -0.1) is 6.42 Å². The maximum absolute atomic E-state index is 11.4. The molecule has 1 rings (SSSR count).